The van der Waals surface area contributed by atoms with Gasteiger partial charge in [0.05, 0.1) is 13.5 Å². The van der Waals surface area contributed by atoms with Crippen LogP contribution in [0.25, 0.3) is 0 Å². The Hall–Kier alpha value is -3.15. The van der Waals surface area contributed by atoms with Crippen LogP contribution in [-0.4, -0.2) is 31.5 Å². The number of hydrogen-bond donors (Lipinski definition) is 1. The van der Waals surface area contributed by atoms with E-state index in [1.807, 2.05) is 42.5 Å². The average molecular weight is 355 g/mol. The SMILES string of the molecule is COc1ccc(CCC(=O)OCC(=O)NC(=O)Cc2ccccc2)cc1. The molecule has 0 aliphatic rings. The second-order valence-electron chi connectivity index (χ2n) is 5.64. The van der Waals surface area contributed by atoms with Gasteiger partial charge in [-0.3, -0.25) is 19.7 Å². The number of hydrogen-bond acceptors (Lipinski definition) is 5. The fraction of sp³-hybridized carbons (Fsp3) is 0.250. The largest absolute Gasteiger partial charge is 0.497 e. The minimum atomic E-state index is -0.635. The Bertz CT molecular complexity index is 741. The lowest BCUT2D eigenvalue weighted by Crippen LogP contribution is -2.35. The normalized spacial score (nSPS) is 10.0. The molecule has 0 bridgehead atoms. The zero-order chi connectivity index (χ0) is 18.8. The van der Waals surface area contributed by atoms with Crippen LogP contribution in [0.15, 0.2) is 54.6 Å². The van der Waals surface area contributed by atoms with Gasteiger partial charge in [0.2, 0.25) is 5.91 Å². The second kappa shape index (κ2) is 9.98. The fourth-order valence-electron chi connectivity index (χ4n) is 2.27. The van der Waals surface area contributed by atoms with Crippen molar-refractivity contribution in [3.63, 3.8) is 0 Å². The first-order chi connectivity index (χ1) is 12.6. The number of esters is 1. The van der Waals surface area contributed by atoms with E-state index >= 15 is 0 Å². The highest BCUT2D eigenvalue weighted by Gasteiger charge is 2.11. The molecule has 0 unspecified atom stereocenters. The van der Waals surface area contributed by atoms with E-state index in [0.717, 1.165) is 16.9 Å². The minimum Gasteiger partial charge on any atom is -0.497 e. The topological polar surface area (TPSA) is 81.7 Å². The third kappa shape index (κ3) is 6.76. The van der Waals surface area contributed by atoms with Gasteiger partial charge in [-0.1, -0.05) is 42.5 Å². The fourth-order valence-corrected chi connectivity index (χ4v) is 2.27. The van der Waals surface area contributed by atoms with Crippen LogP contribution >= 0.6 is 0 Å². The predicted molar refractivity (Wildman–Crippen MR) is 95.6 cm³/mol. The quantitative estimate of drug-likeness (QED) is 0.733. The van der Waals surface area contributed by atoms with Gasteiger partial charge in [0.1, 0.15) is 5.75 Å². The van der Waals surface area contributed by atoms with Gasteiger partial charge in [-0.15, -0.1) is 0 Å². The third-order valence-corrected chi connectivity index (χ3v) is 3.63. The molecule has 0 atom stereocenters. The zero-order valence-corrected chi connectivity index (χ0v) is 14.6. The average Bonchev–Trinajstić information content (AvgIpc) is 2.65. The first-order valence-electron chi connectivity index (χ1n) is 8.22. The van der Waals surface area contributed by atoms with Crippen molar-refractivity contribution in [3.8, 4) is 5.75 Å². The number of rotatable bonds is 8. The van der Waals surface area contributed by atoms with Gasteiger partial charge in [0.15, 0.2) is 6.61 Å². The molecule has 2 aromatic carbocycles. The molecule has 0 fully saturated rings. The molecule has 6 heteroatoms. The molecular weight excluding hydrogens is 334 g/mol. The lowest BCUT2D eigenvalue weighted by atomic mass is 10.1. The molecule has 0 spiro atoms. The molecular formula is C20H21NO5. The minimum absolute atomic E-state index is 0.0952. The summed E-state index contributed by atoms with van der Waals surface area (Å²) in [4.78, 5) is 35.1. The Labute approximate surface area is 152 Å². The molecule has 2 rings (SSSR count). The van der Waals surface area contributed by atoms with Crippen molar-refractivity contribution in [2.24, 2.45) is 0 Å². The maximum absolute atomic E-state index is 11.7. The molecule has 0 aliphatic heterocycles. The summed E-state index contributed by atoms with van der Waals surface area (Å²) in [6.07, 6.45) is 0.743. The number of nitrogens with one attached hydrogen (secondary N) is 1. The number of methoxy groups -OCH3 is 1. The van der Waals surface area contributed by atoms with E-state index in [1.54, 1.807) is 19.2 Å². The van der Waals surface area contributed by atoms with Crippen LogP contribution in [0.2, 0.25) is 0 Å². The molecule has 0 saturated carbocycles. The standard InChI is InChI=1S/C20H21NO5/c1-25-17-10-7-15(8-11-17)9-12-20(24)26-14-19(23)21-18(22)13-16-5-3-2-4-6-16/h2-8,10-11H,9,12-14H2,1H3,(H,21,22,23). The van der Waals surface area contributed by atoms with Crippen LogP contribution < -0.4 is 10.1 Å². The lowest BCUT2D eigenvalue weighted by Gasteiger charge is -2.06. The Kier molecular flexibility index (Phi) is 7.36. The maximum atomic E-state index is 11.7. The number of imide groups is 1. The number of carbonyl (C=O) groups excluding carboxylic acids is 3. The predicted octanol–water partition coefficient (Wildman–Crippen LogP) is 2.06. The molecule has 2 amide bonds. The van der Waals surface area contributed by atoms with E-state index in [9.17, 15) is 14.4 Å². The van der Waals surface area contributed by atoms with Crippen molar-refractivity contribution >= 4 is 17.8 Å². The number of carbonyl (C=O) groups is 3. The van der Waals surface area contributed by atoms with Crippen molar-refractivity contribution < 1.29 is 23.9 Å². The summed E-state index contributed by atoms with van der Waals surface area (Å²) in [5.74, 6) is -0.821. The van der Waals surface area contributed by atoms with Gasteiger partial charge >= 0.3 is 5.97 Å². The lowest BCUT2D eigenvalue weighted by molar-refractivity contribution is -0.149. The van der Waals surface area contributed by atoms with Crippen LogP contribution in [0.3, 0.4) is 0 Å². The number of amides is 2. The Morgan fingerprint density at radius 1 is 0.885 bits per heavy atom. The summed E-state index contributed by atoms with van der Waals surface area (Å²) < 4.78 is 9.96. The Morgan fingerprint density at radius 3 is 2.23 bits per heavy atom. The van der Waals surface area contributed by atoms with Gasteiger partial charge in [0, 0.05) is 6.42 Å². The van der Waals surface area contributed by atoms with Crippen LogP contribution in [0, 0.1) is 0 Å². The summed E-state index contributed by atoms with van der Waals surface area (Å²) in [5, 5.41) is 2.20. The molecule has 0 radical (unpaired) electrons. The third-order valence-electron chi connectivity index (χ3n) is 3.63. The van der Waals surface area contributed by atoms with Crippen LogP contribution in [0.4, 0.5) is 0 Å². The van der Waals surface area contributed by atoms with Crippen molar-refractivity contribution in [2.75, 3.05) is 13.7 Å². The molecule has 0 aromatic heterocycles. The highest BCUT2D eigenvalue weighted by molar-refractivity contribution is 5.97. The molecule has 26 heavy (non-hydrogen) atoms. The smallest absolute Gasteiger partial charge is 0.306 e. The Morgan fingerprint density at radius 2 is 1.58 bits per heavy atom. The number of ether oxygens (including phenoxy) is 2. The van der Waals surface area contributed by atoms with Gasteiger partial charge in [-0.25, -0.2) is 0 Å². The van der Waals surface area contributed by atoms with Crippen molar-refractivity contribution in [3.05, 3.63) is 65.7 Å². The van der Waals surface area contributed by atoms with Crippen molar-refractivity contribution in [1.29, 1.82) is 0 Å². The molecule has 1 N–H and O–H groups in total. The molecule has 0 saturated heterocycles. The summed E-state index contributed by atoms with van der Waals surface area (Å²) in [6, 6.07) is 16.4. The summed E-state index contributed by atoms with van der Waals surface area (Å²) in [6.45, 7) is -0.470. The van der Waals surface area contributed by atoms with E-state index in [-0.39, 0.29) is 12.8 Å². The van der Waals surface area contributed by atoms with Gasteiger partial charge < -0.3 is 9.47 Å². The molecule has 0 aliphatic carbocycles. The molecule has 0 heterocycles. The highest BCUT2D eigenvalue weighted by atomic mass is 16.5. The number of benzene rings is 2. The zero-order valence-electron chi connectivity index (χ0n) is 14.6. The van der Waals surface area contributed by atoms with Gasteiger partial charge in [-0.05, 0) is 29.7 Å². The molecule has 136 valence electrons. The summed E-state index contributed by atoms with van der Waals surface area (Å²) in [7, 11) is 1.59. The second-order valence-corrected chi connectivity index (χ2v) is 5.64. The van der Waals surface area contributed by atoms with Crippen molar-refractivity contribution in [1.82, 2.24) is 5.32 Å². The molecule has 6 nitrogen and oxygen atoms in total. The van der Waals surface area contributed by atoms with Crippen molar-refractivity contribution in [2.45, 2.75) is 19.3 Å². The molecule has 2 aromatic rings. The van der Waals surface area contributed by atoms with Gasteiger partial charge in [-0.2, -0.15) is 0 Å². The van der Waals surface area contributed by atoms with E-state index < -0.39 is 24.4 Å². The highest BCUT2D eigenvalue weighted by Crippen LogP contribution is 2.12. The van der Waals surface area contributed by atoms with Crippen LogP contribution in [-0.2, 0) is 32.0 Å². The number of aryl methyl sites for hydroxylation is 1. The van der Waals surface area contributed by atoms with Crippen LogP contribution in [0.1, 0.15) is 17.5 Å². The first-order valence-corrected chi connectivity index (χ1v) is 8.22. The van der Waals surface area contributed by atoms with E-state index in [4.69, 9.17) is 9.47 Å². The van der Waals surface area contributed by atoms with Gasteiger partial charge in [0.25, 0.3) is 5.91 Å². The monoisotopic (exact) mass is 355 g/mol. The van der Waals surface area contributed by atoms with E-state index in [1.165, 1.54) is 0 Å². The Balaban J connectivity index is 1.66. The van der Waals surface area contributed by atoms with Crippen LogP contribution in [0.5, 0.6) is 5.75 Å². The summed E-state index contributed by atoms with van der Waals surface area (Å²) in [5.41, 5.74) is 1.76. The van der Waals surface area contributed by atoms with E-state index in [2.05, 4.69) is 5.32 Å². The first kappa shape index (κ1) is 19.2. The maximum Gasteiger partial charge on any atom is 0.306 e. The van der Waals surface area contributed by atoms with E-state index in [0.29, 0.717) is 6.42 Å². The summed E-state index contributed by atoms with van der Waals surface area (Å²) >= 11 is 0.